The molecule has 0 unspecified atom stereocenters. The molecule has 0 spiro atoms. The van der Waals surface area contributed by atoms with Crippen molar-refractivity contribution in [2.24, 2.45) is 0 Å². The van der Waals surface area contributed by atoms with Gasteiger partial charge in [0.05, 0.1) is 11.8 Å². The molecule has 2 rings (SSSR count). The number of nitrogens with zero attached hydrogens (tertiary/aromatic N) is 3. The average molecular weight is 298 g/mol. The molecule has 2 aromatic rings. The van der Waals surface area contributed by atoms with Crippen molar-refractivity contribution in [2.45, 2.75) is 20.4 Å². The van der Waals surface area contributed by atoms with E-state index in [0.717, 1.165) is 41.7 Å². The molecule has 0 amide bonds. The summed E-state index contributed by atoms with van der Waals surface area (Å²) in [6, 6.07) is 8.04. The second-order valence-electron chi connectivity index (χ2n) is 4.29. The van der Waals surface area contributed by atoms with Gasteiger partial charge in [-0.05, 0) is 25.2 Å². The molecule has 0 aliphatic carbocycles. The van der Waals surface area contributed by atoms with E-state index in [2.05, 4.69) is 28.3 Å². The number of rotatable bonds is 5. The summed E-state index contributed by atoms with van der Waals surface area (Å²) in [7, 11) is 0. The topological polar surface area (TPSA) is 21.1 Å². The van der Waals surface area contributed by atoms with E-state index in [1.807, 2.05) is 30.6 Å². The van der Waals surface area contributed by atoms with Gasteiger partial charge in [-0.3, -0.25) is 0 Å². The maximum atomic E-state index is 5.52. The third-order valence-corrected chi connectivity index (χ3v) is 3.74. The summed E-state index contributed by atoms with van der Waals surface area (Å²) in [5, 5.41) is 1.06. The van der Waals surface area contributed by atoms with Gasteiger partial charge < -0.3 is 9.47 Å². The molecular weight excluding hydrogens is 278 g/mol. The highest BCUT2D eigenvalue weighted by Crippen LogP contribution is 2.12. The third-order valence-electron chi connectivity index (χ3n) is 3.28. The van der Waals surface area contributed by atoms with Crippen LogP contribution in [0.2, 0.25) is 0 Å². The Hall–Kier alpha value is -0.970. The van der Waals surface area contributed by atoms with Crippen molar-refractivity contribution in [2.75, 3.05) is 19.6 Å². The lowest BCUT2D eigenvalue weighted by Crippen LogP contribution is -2.27. The minimum Gasteiger partial charge on any atom is -0.322 e. The molecule has 0 N–H and O–H groups in total. The minimum atomic E-state index is 0. The minimum absolute atomic E-state index is 0. The van der Waals surface area contributed by atoms with Gasteiger partial charge >= 0.3 is 0 Å². The molecule has 1 heterocycles. The Bertz CT molecular complexity index is 578. The number of fused-ring (bicyclic) bond motifs is 1. The Balaban J connectivity index is 0.00000180. The van der Waals surface area contributed by atoms with Crippen LogP contribution in [0, 0.1) is 4.64 Å². The summed E-state index contributed by atoms with van der Waals surface area (Å²) in [5.74, 6) is 0. The Morgan fingerprint density at radius 3 is 2.58 bits per heavy atom. The van der Waals surface area contributed by atoms with Gasteiger partial charge in [0, 0.05) is 18.5 Å². The predicted octanol–water partition coefficient (Wildman–Crippen LogP) is 3.53. The molecule has 0 radical (unpaired) electrons. The van der Waals surface area contributed by atoms with Crippen LogP contribution in [0.4, 0.5) is 0 Å². The molecule has 0 saturated heterocycles. The first kappa shape index (κ1) is 16.1. The van der Waals surface area contributed by atoms with Crippen LogP contribution in [0.1, 0.15) is 13.8 Å². The lowest BCUT2D eigenvalue weighted by molar-refractivity contribution is 0.289. The molecular formula is C14H20ClN3S. The van der Waals surface area contributed by atoms with Crippen LogP contribution < -0.4 is 0 Å². The van der Waals surface area contributed by atoms with Gasteiger partial charge in [0.2, 0.25) is 0 Å². The molecule has 0 aliphatic heterocycles. The summed E-state index contributed by atoms with van der Waals surface area (Å²) in [4.78, 5) is 6.84. The van der Waals surface area contributed by atoms with Gasteiger partial charge in [0.25, 0.3) is 0 Å². The molecule has 0 saturated carbocycles. The van der Waals surface area contributed by atoms with Crippen molar-refractivity contribution >= 4 is 35.5 Å². The quantitative estimate of drug-likeness (QED) is 0.788. The van der Waals surface area contributed by atoms with Crippen LogP contribution >= 0.6 is 24.6 Å². The lowest BCUT2D eigenvalue weighted by atomic mass is 10.2. The Morgan fingerprint density at radius 2 is 1.89 bits per heavy atom. The van der Waals surface area contributed by atoms with Gasteiger partial charge in [-0.1, -0.05) is 38.2 Å². The molecule has 0 aliphatic rings. The monoisotopic (exact) mass is 297 g/mol. The molecule has 104 valence electrons. The Kier molecular flexibility index (Phi) is 6.42. The van der Waals surface area contributed by atoms with Gasteiger partial charge in [0.1, 0.15) is 4.64 Å². The second kappa shape index (κ2) is 7.58. The first-order chi connectivity index (χ1) is 8.76. The van der Waals surface area contributed by atoms with E-state index in [-0.39, 0.29) is 12.4 Å². The number of aromatic nitrogens is 2. The number of para-hydroxylation sites is 1. The van der Waals surface area contributed by atoms with E-state index in [0.29, 0.717) is 0 Å². The summed E-state index contributed by atoms with van der Waals surface area (Å²) < 4.78 is 2.95. The van der Waals surface area contributed by atoms with Crippen LogP contribution in [0.5, 0.6) is 0 Å². The molecule has 19 heavy (non-hydrogen) atoms. The Morgan fingerprint density at radius 1 is 1.21 bits per heavy atom. The van der Waals surface area contributed by atoms with Gasteiger partial charge in [0.15, 0.2) is 0 Å². The van der Waals surface area contributed by atoms with Gasteiger partial charge in [-0.2, -0.15) is 0 Å². The van der Waals surface area contributed by atoms with E-state index < -0.39 is 0 Å². The molecule has 0 atom stereocenters. The predicted molar refractivity (Wildman–Crippen MR) is 85.6 cm³/mol. The van der Waals surface area contributed by atoms with Crippen molar-refractivity contribution in [3.8, 4) is 0 Å². The first-order valence-corrected chi connectivity index (χ1v) is 6.83. The van der Waals surface area contributed by atoms with Crippen molar-refractivity contribution < 1.29 is 0 Å². The second-order valence-corrected chi connectivity index (χ2v) is 4.67. The zero-order chi connectivity index (χ0) is 13.0. The van der Waals surface area contributed by atoms with Crippen molar-refractivity contribution in [3.05, 3.63) is 35.2 Å². The SMILES string of the molecule is CCN(CC)CCn1cnc2ccccc2c1=S.Cl. The Labute approximate surface area is 125 Å². The highest BCUT2D eigenvalue weighted by atomic mass is 35.5. The average Bonchev–Trinajstić information content (AvgIpc) is 2.42. The molecule has 1 aromatic heterocycles. The number of benzene rings is 1. The maximum absolute atomic E-state index is 5.52. The molecule has 3 nitrogen and oxygen atoms in total. The van der Waals surface area contributed by atoms with Crippen LogP contribution in [-0.2, 0) is 6.54 Å². The number of likely N-dealkylation sites (N-methyl/N-ethyl adjacent to an activating group) is 1. The first-order valence-electron chi connectivity index (χ1n) is 6.42. The molecule has 0 fully saturated rings. The van der Waals surface area contributed by atoms with Crippen LogP contribution in [0.3, 0.4) is 0 Å². The van der Waals surface area contributed by atoms with E-state index in [1.54, 1.807) is 0 Å². The number of hydrogen-bond acceptors (Lipinski definition) is 3. The zero-order valence-electron chi connectivity index (χ0n) is 11.4. The van der Waals surface area contributed by atoms with E-state index in [1.165, 1.54) is 0 Å². The summed E-state index contributed by atoms with van der Waals surface area (Å²) in [6.07, 6.45) is 1.86. The number of hydrogen-bond donors (Lipinski definition) is 0. The molecule has 5 heteroatoms. The smallest absolute Gasteiger partial charge is 0.116 e. The number of halogens is 1. The largest absolute Gasteiger partial charge is 0.322 e. The lowest BCUT2D eigenvalue weighted by Gasteiger charge is -2.18. The third kappa shape index (κ3) is 3.75. The van der Waals surface area contributed by atoms with E-state index in [4.69, 9.17) is 12.2 Å². The zero-order valence-corrected chi connectivity index (χ0v) is 13.0. The normalized spacial score (nSPS) is 10.7. The summed E-state index contributed by atoms with van der Waals surface area (Å²) in [6.45, 7) is 8.43. The van der Waals surface area contributed by atoms with Crippen LogP contribution in [-0.4, -0.2) is 34.1 Å². The van der Waals surface area contributed by atoms with Crippen molar-refractivity contribution in [1.29, 1.82) is 0 Å². The van der Waals surface area contributed by atoms with Crippen LogP contribution in [0.25, 0.3) is 10.9 Å². The van der Waals surface area contributed by atoms with Gasteiger partial charge in [-0.25, -0.2) is 4.98 Å². The van der Waals surface area contributed by atoms with Crippen molar-refractivity contribution in [3.63, 3.8) is 0 Å². The standard InChI is InChI=1S/C14H19N3S.ClH/c1-3-16(4-2)9-10-17-11-15-13-8-6-5-7-12(13)14(17)18;/h5-8,11H,3-4,9-10H2,1-2H3;1H. The maximum Gasteiger partial charge on any atom is 0.116 e. The molecule has 0 bridgehead atoms. The fourth-order valence-electron chi connectivity index (χ4n) is 2.05. The highest BCUT2D eigenvalue weighted by Gasteiger charge is 2.02. The summed E-state index contributed by atoms with van der Waals surface area (Å²) in [5.41, 5.74) is 0.974. The van der Waals surface area contributed by atoms with Crippen LogP contribution in [0.15, 0.2) is 30.6 Å². The van der Waals surface area contributed by atoms with E-state index in [9.17, 15) is 0 Å². The highest BCUT2D eigenvalue weighted by molar-refractivity contribution is 7.71. The fourth-order valence-corrected chi connectivity index (χ4v) is 2.37. The fraction of sp³-hybridized carbons (Fsp3) is 0.429. The van der Waals surface area contributed by atoms with Gasteiger partial charge in [-0.15, -0.1) is 12.4 Å². The molecule has 1 aromatic carbocycles. The summed E-state index contributed by atoms with van der Waals surface area (Å²) >= 11 is 5.52. The van der Waals surface area contributed by atoms with E-state index >= 15 is 0 Å². The van der Waals surface area contributed by atoms with Crippen molar-refractivity contribution in [1.82, 2.24) is 14.5 Å².